The van der Waals surface area contributed by atoms with Gasteiger partial charge in [-0.3, -0.25) is 0 Å². The molecule has 1 aromatic carbocycles. The first-order valence-corrected chi connectivity index (χ1v) is 6.57. The molecular formula is C12H17IN2O. The molecule has 1 heterocycles. The van der Waals surface area contributed by atoms with Crippen molar-refractivity contribution in [2.45, 2.75) is 6.42 Å². The molecule has 16 heavy (non-hydrogen) atoms. The van der Waals surface area contributed by atoms with Crippen LogP contribution < -0.4 is 10.6 Å². The molecule has 1 aliphatic heterocycles. The second-order valence-corrected chi connectivity index (χ2v) is 5.50. The first-order chi connectivity index (χ1) is 7.70. The zero-order valence-electron chi connectivity index (χ0n) is 9.45. The zero-order chi connectivity index (χ0) is 11.5. The van der Waals surface area contributed by atoms with E-state index in [1.54, 1.807) is 7.11 Å². The summed E-state index contributed by atoms with van der Waals surface area (Å²) in [4.78, 5) is 2.36. The van der Waals surface area contributed by atoms with Crippen molar-refractivity contribution in [2.24, 2.45) is 5.92 Å². The molecule has 1 aromatic rings. The lowest BCUT2D eigenvalue weighted by molar-refractivity contribution is 0.161. The smallest absolute Gasteiger partial charge is 0.0600 e. The molecule has 1 saturated heterocycles. The number of hydrogen-bond donors (Lipinski definition) is 1. The highest BCUT2D eigenvalue weighted by atomic mass is 127. The lowest BCUT2D eigenvalue weighted by Gasteiger charge is -2.20. The van der Waals surface area contributed by atoms with Crippen molar-refractivity contribution in [1.82, 2.24) is 0 Å². The second kappa shape index (κ2) is 5.23. The molecule has 0 amide bonds. The van der Waals surface area contributed by atoms with Gasteiger partial charge in [-0.05, 0) is 47.2 Å². The Morgan fingerprint density at radius 3 is 3.06 bits per heavy atom. The quantitative estimate of drug-likeness (QED) is 0.682. The van der Waals surface area contributed by atoms with E-state index in [1.807, 2.05) is 6.07 Å². The molecule has 2 N–H and O–H groups in total. The number of halogens is 1. The Balaban J connectivity index is 2.08. The topological polar surface area (TPSA) is 38.5 Å². The summed E-state index contributed by atoms with van der Waals surface area (Å²) in [6.45, 7) is 2.98. The van der Waals surface area contributed by atoms with Crippen molar-refractivity contribution in [1.29, 1.82) is 0 Å². The maximum Gasteiger partial charge on any atom is 0.0600 e. The van der Waals surface area contributed by atoms with Gasteiger partial charge in [0.1, 0.15) is 0 Å². The molecule has 1 aliphatic rings. The third kappa shape index (κ3) is 2.60. The van der Waals surface area contributed by atoms with Crippen molar-refractivity contribution in [3.8, 4) is 0 Å². The van der Waals surface area contributed by atoms with Crippen LogP contribution in [0.1, 0.15) is 6.42 Å². The Bertz CT molecular complexity index is 370. The fourth-order valence-electron chi connectivity index (χ4n) is 2.24. The molecule has 1 fully saturated rings. The van der Waals surface area contributed by atoms with E-state index in [-0.39, 0.29) is 0 Å². The molecule has 0 radical (unpaired) electrons. The van der Waals surface area contributed by atoms with Gasteiger partial charge in [-0.1, -0.05) is 0 Å². The highest BCUT2D eigenvalue weighted by Gasteiger charge is 2.23. The van der Waals surface area contributed by atoms with Crippen LogP contribution in [0.3, 0.4) is 0 Å². The van der Waals surface area contributed by atoms with Crippen LogP contribution in [0.15, 0.2) is 18.2 Å². The van der Waals surface area contributed by atoms with Crippen LogP contribution in [-0.2, 0) is 4.74 Å². The summed E-state index contributed by atoms with van der Waals surface area (Å²) in [7, 11) is 1.77. The van der Waals surface area contributed by atoms with Crippen molar-refractivity contribution in [2.75, 3.05) is 37.4 Å². The Kier molecular flexibility index (Phi) is 3.91. The second-order valence-electron chi connectivity index (χ2n) is 4.26. The van der Waals surface area contributed by atoms with E-state index in [9.17, 15) is 0 Å². The third-order valence-corrected chi connectivity index (χ3v) is 3.69. The van der Waals surface area contributed by atoms with E-state index in [0.717, 1.165) is 25.4 Å². The van der Waals surface area contributed by atoms with Gasteiger partial charge < -0.3 is 15.4 Å². The maximum atomic E-state index is 6.04. The van der Waals surface area contributed by atoms with E-state index in [1.165, 1.54) is 15.7 Å². The van der Waals surface area contributed by atoms with Gasteiger partial charge in [0, 0.05) is 29.7 Å². The molecule has 3 nitrogen and oxygen atoms in total. The van der Waals surface area contributed by atoms with Crippen molar-refractivity contribution in [3.63, 3.8) is 0 Å². The number of ether oxygens (including phenoxy) is 1. The highest BCUT2D eigenvalue weighted by Crippen LogP contribution is 2.29. The Morgan fingerprint density at radius 1 is 1.56 bits per heavy atom. The van der Waals surface area contributed by atoms with E-state index in [0.29, 0.717) is 5.92 Å². The number of nitrogen functional groups attached to an aromatic ring is 1. The Hall–Kier alpha value is -0.490. The predicted octanol–water partition coefficient (Wildman–Crippen LogP) is 2.35. The molecule has 2 rings (SSSR count). The van der Waals surface area contributed by atoms with Gasteiger partial charge in [0.25, 0.3) is 0 Å². The highest BCUT2D eigenvalue weighted by molar-refractivity contribution is 14.1. The van der Waals surface area contributed by atoms with Crippen molar-refractivity contribution < 1.29 is 4.74 Å². The fourth-order valence-corrected chi connectivity index (χ4v) is 2.75. The molecule has 0 aromatic heterocycles. The van der Waals surface area contributed by atoms with Gasteiger partial charge in [-0.25, -0.2) is 0 Å². The third-order valence-electron chi connectivity index (χ3n) is 3.02. The fraction of sp³-hybridized carbons (Fsp3) is 0.500. The lowest BCUT2D eigenvalue weighted by Crippen LogP contribution is -2.22. The van der Waals surface area contributed by atoms with E-state index >= 15 is 0 Å². The Labute approximate surface area is 110 Å². The molecule has 0 spiro atoms. The first kappa shape index (κ1) is 12.0. The van der Waals surface area contributed by atoms with Crippen molar-refractivity contribution in [3.05, 3.63) is 21.8 Å². The van der Waals surface area contributed by atoms with Gasteiger partial charge in [-0.2, -0.15) is 0 Å². The van der Waals surface area contributed by atoms with Gasteiger partial charge in [-0.15, -0.1) is 0 Å². The summed E-state index contributed by atoms with van der Waals surface area (Å²) in [5.41, 5.74) is 8.09. The summed E-state index contributed by atoms with van der Waals surface area (Å²) in [6.07, 6.45) is 1.19. The molecule has 0 aliphatic carbocycles. The minimum Gasteiger partial charge on any atom is -0.397 e. The minimum absolute atomic E-state index is 0.642. The molecular weight excluding hydrogens is 315 g/mol. The average molecular weight is 332 g/mol. The van der Waals surface area contributed by atoms with Crippen LogP contribution in [0.5, 0.6) is 0 Å². The summed E-state index contributed by atoms with van der Waals surface area (Å²) < 4.78 is 6.39. The number of methoxy groups -OCH3 is 1. The largest absolute Gasteiger partial charge is 0.397 e. The molecule has 1 unspecified atom stereocenters. The van der Waals surface area contributed by atoms with Gasteiger partial charge in [0.15, 0.2) is 0 Å². The van der Waals surface area contributed by atoms with E-state index in [4.69, 9.17) is 10.5 Å². The monoisotopic (exact) mass is 332 g/mol. The summed E-state index contributed by atoms with van der Waals surface area (Å²) in [5.74, 6) is 0.642. The zero-order valence-corrected chi connectivity index (χ0v) is 11.6. The Morgan fingerprint density at radius 2 is 2.38 bits per heavy atom. The van der Waals surface area contributed by atoms with E-state index < -0.39 is 0 Å². The van der Waals surface area contributed by atoms with Crippen LogP contribution in [0, 0.1) is 9.49 Å². The van der Waals surface area contributed by atoms with Gasteiger partial charge >= 0.3 is 0 Å². The van der Waals surface area contributed by atoms with Gasteiger partial charge in [0.2, 0.25) is 0 Å². The minimum atomic E-state index is 0.642. The molecule has 88 valence electrons. The summed E-state index contributed by atoms with van der Waals surface area (Å²) in [5, 5.41) is 0. The molecule has 1 atom stereocenters. The van der Waals surface area contributed by atoms with Crippen LogP contribution in [0.2, 0.25) is 0 Å². The first-order valence-electron chi connectivity index (χ1n) is 5.49. The van der Waals surface area contributed by atoms with Crippen molar-refractivity contribution >= 4 is 34.0 Å². The standard InChI is InChI=1S/C12H17IN2O/c1-16-8-9-4-5-15(7-9)12-3-2-10(13)6-11(12)14/h2-3,6,9H,4-5,7-8,14H2,1H3. The van der Waals surface area contributed by atoms with Crippen LogP contribution in [0.4, 0.5) is 11.4 Å². The van der Waals surface area contributed by atoms with Crippen LogP contribution >= 0.6 is 22.6 Å². The predicted molar refractivity (Wildman–Crippen MR) is 75.8 cm³/mol. The number of benzene rings is 1. The number of nitrogens with two attached hydrogens (primary N) is 1. The van der Waals surface area contributed by atoms with Crippen LogP contribution in [-0.4, -0.2) is 26.8 Å². The number of nitrogens with zero attached hydrogens (tertiary/aromatic N) is 1. The molecule has 4 heteroatoms. The summed E-state index contributed by atoms with van der Waals surface area (Å²) in [6, 6.07) is 6.25. The lowest BCUT2D eigenvalue weighted by atomic mass is 10.1. The van der Waals surface area contributed by atoms with Gasteiger partial charge in [0.05, 0.1) is 18.0 Å². The van der Waals surface area contributed by atoms with Crippen LogP contribution in [0.25, 0.3) is 0 Å². The number of anilines is 2. The maximum absolute atomic E-state index is 6.04. The number of hydrogen-bond acceptors (Lipinski definition) is 3. The summed E-state index contributed by atoms with van der Waals surface area (Å²) >= 11 is 2.28. The normalized spacial score (nSPS) is 20.4. The average Bonchev–Trinajstić information content (AvgIpc) is 2.67. The molecule has 0 bridgehead atoms. The van der Waals surface area contributed by atoms with E-state index in [2.05, 4.69) is 39.6 Å². The SMILES string of the molecule is COCC1CCN(c2ccc(I)cc2N)C1. The number of rotatable bonds is 3. The molecule has 0 saturated carbocycles.